The molecule has 1 aromatic heterocycles. The third kappa shape index (κ3) is 1.44. The molecular weight excluding hydrogens is 200 g/mol. The van der Waals surface area contributed by atoms with Gasteiger partial charge in [-0.15, -0.1) is 10.2 Å². The second-order valence-electron chi connectivity index (χ2n) is 4.70. The Bertz CT molecular complexity index is 389. The normalized spacial score (nSPS) is 25.1. The molecule has 1 saturated carbocycles. The Morgan fingerprint density at radius 2 is 2.12 bits per heavy atom. The van der Waals surface area contributed by atoms with E-state index >= 15 is 0 Å². The quantitative estimate of drug-likeness (QED) is 0.764. The lowest BCUT2D eigenvalue weighted by molar-refractivity contribution is 0.187. The van der Waals surface area contributed by atoms with E-state index in [1.54, 1.807) is 6.33 Å². The SMILES string of the molecule is CCC1c2nncn2C=CN1C1CCCC1. The molecule has 16 heavy (non-hydrogen) atoms. The summed E-state index contributed by atoms with van der Waals surface area (Å²) in [6.45, 7) is 2.23. The van der Waals surface area contributed by atoms with Crippen LogP contribution in [0.5, 0.6) is 0 Å². The van der Waals surface area contributed by atoms with E-state index in [0.29, 0.717) is 12.1 Å². The first-order valence-corrected chi connectivity index (χ1v) is 6.25. The lowest BCUT2D eigenvalue weighted by Gasteiger charge is -2.36. The first-order chi connectivity index (χ1) is 7.90. The zero-order valence-electron chi connectivity index (χ0n) is 9.71. The van der Waals surface area contributed by atoms with Gasteiger partial charge in [-0.05, 0) is 19.3 Å². The molecule has 86 valence electrons. The van der Waals surface area contributed by atoms with E-state index in [1.807, 2.05) is 4.57 Å². The maximum atomic E-state index is 4.25. The zero-order chi connectivity index (χ0) is 11.0. The van der Waals surface area contributed by atoms with Crippen molar-refractivity contribution in [2.75, 3.05) is 0 Å². The van der Waals surface area contributed by atoms with Crippen LogP contribution in [0.3, 0.4) is 0 Å². The predicted molar refractivity (Wildman–Crippen MR) is 62.5 cm³/mol. The lowest BCUT2D eigenvalue weighted by atomic mass is 10.1. The molecule has 2 aliphatic rings. The molecule has 1 aliphatic heterocycles. The van der Waals surface area contributed by atoms with E-state index in [-0.39, 0.29) is 0 Å². The number of nitrogens with zero attached hydrogens (tertiary/aromatic N) is 4. The van der Waals surface area contributed by atoms with Crippen molar-refractivity contribution in [3.63, 3.8) is 0 Å². The van der Waals surface area contributed by atoms with Gasteiger partial charge in [0.1, 0.15) is 6.33 Å². The molecule has 0 spiro atoms. The highest BCUT2D eigenvalue weighted by Gasteiger charge is 2.30. The van der Waals surface area contributed by atoms with E-state index in [4.69, 9.17) is 0 Å². The molecule has 1 fully saturated rings. The molecule has 0 saturated heterocycles. The van der Waals surface area contributed by atoms with E-state index in [1.165, 1.54) is 25.7 Å². The topological polar surface area (TPSA) is 34.0 Å². The molecule has 1 atom stereocenters. The van der Waals surface area contributed by atoms with Crippen molar-refractivity contribution in [1.29, 1.82) is 0 Å². The Hall–Kier alpha value is -1.32. The van der Waals surface area contributed by atoms with Gasteiger partial charge in [-0.3, -0.25) is 4.57 Å². The van der Waals surface area contributed by atoms with Crippen molar-refractivity contribution in [3.8, 4) is 0 Å². The number of hydrogen-bond donors (Lipinski definition) is 0. The Morgan fingerprint density at radius 1 is 1.31 bits per heavy atom. The summed E-state index contributed by atoms with van der Waals surface area (Å²) in [5, 5.41) is 8.25. The second kappa shape index (κ2) is 3.92. The average Bonchev–Trinajstić information content (AvgIpc) is 2.97. The van der Waals surface area contributed by atoms with Crippen molar-refractivity contribution in [2.24, 2.45) is 0 Å². The largest absolute Gasteiger partial charge is 0.363 e. The molecule has 0 radical (unpaired) electrons. The molecule has 2 heterocycles. The van der Waals surface area contributed by atoms with E-state index in [9.17, 15) is 0 Å². The highest BCUT2D eigenvalue weighted by Crippen LogP contribution is 2.34. The minimum atomic E-state index is 0.413. The predicted octanol–water partition coefficient (Wildman–Crippen LogP) is 2.42. The van der Waals surface area contributed by atoms with Crippen molar-refractivity contribution < 1.29 is 0 Å². The monoisotopic (exact) mass is 218 g/mol. The fraction of sp³-hybridized carbons (Fsp3) is 0.667. The lowest BCUT2D eigenvalue weighted by Crippen LogP contribution is -2.35. The van der Waals surface area contributed by atoms with Crippen LogP contribution in [0, 0.1) is 0 Å². The highest BCUT2D eigenvalue weighted by atomic mass is 15.3. The highest BCUT2D eigenvalue weighted by molar-refractivity contribution is 5.29. The smallest absolute Gasteiger partial charge is 0.159 e. The summed E-state index contributed by atoms with van der Waals surface area (Å²) >= 11 is 0. The first-order valence-electron chi connectivity index (χ1n) is 6.25. The minimum Gasteiger partial charge on any atom is -0.363 e. The number of hydrogen-bond acceptors (Lipinski definition) is 3. The fourth-order valence-electron chi connectivity index (χ4n) is 2.96. The van der Waals surface area contributed by atoms with Gasteiger partial charge in [-0.1, -0.05) is 19.8 Å². The molecule has 0 N–H and O–H groups in total. The van der Waals surface area contributed by atoms with Crippen LogP contribution < -0.4 is 0 Å². The van der Waals surface area contributed by atoms with Crippen LogP contribution in [0.15, 0.2) is 12.5 Å². The molecule has 1 aliphatic carbocycles. The molecule has 1 unspecified atom stereocenters. The fourth-order valence-corrected chi connectivity index (χ4v) is 2.96. The molecule has 0 bridgehead atoms. The van der Waals surface area contributed by atoms with E-state index < -0.39 is 0 Å². The summed E-state index contributed by atoms with van der Waals surface area (Å²) in [7, 11) is 0. The van der Waals surface area contributed by atoms with Gasteiger partial charge >= 0.3 is 0 Å². The molecule has 4 nitrogen and oxygen atoms in total. The molecule has 3 rings (SSSR count). The van der Waals surface area contributed by atoms with Crippen LogP contribution in [-0.2, 0) is 0 Å². The third-order valence-electron chi connectivity index (χ3n) is 3.79. The molecule has 1 aromatic rings. The van der Waals surface area contributed by atoms with E-state index in [2.05, 4.69) is 34.4 Å². The molecule has 0 aromatic carbocycles. The van der Waals surface area contributed by atoms with Gasteiger partial charge in [0.05, 0.1) is 6.04 Å². The van der Waals surface area contributed by atoms with Crippen LogP contribution >= 0.6 is 0 Å². The maximum absolute atomic E-state index is 4.25. The Labute approximate surface area is 96.0 Å². The van der Waals surface area contributed by atoms with Gasteiger partial charge in [0.2, 0.25) is 0 Å². The average molecular weight is 218 g/mol. The van der Waals surface area contributed by atoms with Gasteiger partial charge < -0.3 is 4.90 Å². The Morgan fingerprint density at radius 3 is 2.88 bits per heavy atom. The first kappa shape index (κ1) is 9.87. The van der Waals surface area contributed by atoms with Gasteiger partial charge in [0.25, 0.3) is 0 Å². The standard InChI is InChI=1S/C12H18N4/c1-2-11-12-14-13-9-15(12)7-8-16(11)10-5-3-4-6-10/h7-11H,2-6H2,1H3. The second-order valence-corrected chi connectivity index (χ2v) is 4.70. The van der Waals surface area contributed by atoms with Crippen LogP contribution in [-0.4, -0.2) is 25.7 Å². The molecule has 4 heteroatoms. The summed E-state index contributed by atoms with van der Waals surface area (Å²) in [4.78, 5) is 2.50. The van der Waals surface area contributed by atoms with Gasteiger partial charge in [0, 0.05) is 18.4 Å². The van der Waals surface area contributed by atoms with Gasteiger partial charge in [-0.2, -0.15) is 0 Å². The van der Waals surface area contributed by atoms with Crippen molar-refractivity contribution in [3.05, 3.63) is 18.4 Å². The van der Waals surface area contributed by atoms with Crippen molar-refractivity contribution >= 4 is 6.20 Å². The number of fused-ring (bicyclic) bond motifs is 1. The number of aromatic nitrogens is 3. The third-order valence-corrected chi connectivity index (χ3v) is 3.79. The summed E-state index contributed by atoms with van der Waals surface area (Å²) in [6, 6.07) is 1.13. The summed E-state index contributed by atoms with van der Waals surface area (Å²) in [6.07, 6.45) is 12.6. The number of rotatable bonds is 2. The molecule has 0 amide bonds. The van der Waals surface area contributed by atoms with Crippen LogP contribution in [0.4, 0.5) is 0 Å². The van der Waals surface area contributed by atoms with Gasteiger partial charge in [0.15, 0.2) is 5.82 Å². The van der Waals surface area contributed by atoms with Crippen molar-refractivity contribution in [2.45, 2.75) is 51.1 Å². The Kier molecular flexibility index (Phi) is 2.42. The Balaban J connectivity index is 1.90. The van der Waals surface area contributed by atoms with Gasteiger partial charge in [-0.25, -0.2) is 0 Å². The zero-order valence-corrected chi connectivity index (χ0v) is 9.71. The van der Waals surface area contributed by atoms with E-state index in [0.717, 1.165) is 12.2 Å². The molecular formula is C12H18N4. The van der Waals surface area contributed by atoms with Crippen molar-refractivity contribution in [1.82, 2.24) is 19.7 Å². The minimum absolute atomic E-state index is 0.413. The van der Waals surface area contributed by atoms with Crippen LogP contribution in [0.1, 0.15) is 50.9 Å². The van der Waals surface area contributed by atoms with Crippen LogP contribution in [0.25, 0.3) is 6.20 Å². The summed E-state index contributed by atoms with van der Waals surface area (Å²) < 4.78 is 2.04. The maximum Gasteiger partial charge on any atom is 0.159 e. The summed E-state index contributed by atoms with van der Waals surface area (Å²) in [5.41, 5.74) is 0. The summed E-state index contributed by atoms with van der Waals surface area (Å²) in [5.74, 6) is 1.09. The van der Waals surface area contributed by atoms with Crippen LogP contribution in [0.2, 0.25) is 0 Å².